The SMILES string of the molecule is CN1CC(C(C)(C)Sc2cccc(C(F)(F)F)c2)CC1=O. The lowest BCUT2D eigenvalue weighted by atomic mass is 9.94. The molecule has 1 aromatic carbocycles. The fraction of sp³-hybridized carbons (Fsp3) is 0.533. The van der Waals surface area contributed by atoms with Gasteiger partial charge in [0, 0.05) is 29.7 Å². The van der Waals surface area contributed by atoms with Gasteiger partial charge < -0.3 is 4.90 Å². The molecule has 0 spiro atoms. The minimum atomic E-state index is -4.33. The molecule has 2 rings (SSSR count). The average Bonchev–Trinajstić information content (AvgIpc) is 2.69. The highest BCUT2D eigenvalue weighted by Crippen LogP contribution is 2.43. The first-order valence-electron chi connectivity index (χ1n) is 6.70. The molecule has 1 aliphatic rings. The molecule has 0 radical (unpaired) electrons. The standard InChI is InChI=1S/C15H18F3NOS/c1-14(2,11-8-13(20)19(3)9-11)21-12-6-4-5-10(7-12)15(16,17)18/h4-7,11H,8-9H2,1-3H3. The van der Waals surface area contributed by atoms with Crippen LogP contribution >= 0.6 is 11.8 Å². The van der Waals surface area contributed by atoms with E-state index in [1.54, 1.807) is 18.0 Å². The Bertz CT molecular complexity index is 542. The van der Waals surface area contributed by atoms with Gasteiger partial charge in [-0.25, -0.2) is 0 Å². The van der Waals surface area contributed by atoms with E-state index in [4.69, 9.17) is 0 Å². The topological polar surface area (TPSA) is 20.3 Å². The van der Waals surface area contributed by atoms with E-state index in [0.717, 1.165) is 6.07 Å². The fourth-order valence-corrected chi connectivity index (χ4v) is 3.72. The number of rotatable bonds is 3. The third-order valence-corrected chi connectivity index (χ3v) is 5.22. The Balaban J connectivity index is 2.15. The van der Waals surface area contributed by atoms with Crippen LogP contribution in [-0.2, 0) is 11.0 Å². The Morgan fingerprint density at radius 1 is 1.29 bits per heavy atom. The summed E-state index contributed by atoms with van der Waals surface area (Å²) in [6.07, 6.45) is -3.88. The lowest BCUT2D eigenvalue weighted by molar-refractivity contribution is -0.137. The Hall–Kier alpha value is -1.17. The number of amides is 1. The van der Waals surface area contributed by atoms with Crippen molar-refractivity contribution in [2.45, 2.75) is 36.1 Å². The van der Waals surface area contributed by atoms with E-state index in [2.05, 4.69) is 0 Å². The number of halogens is 3. The second-order valence-corrected chi connectivity index (χ2v) is 7.63. The van der Waals surface area contributed by atoms with Gasteiger partial charge in [0.1, 0.15) is 0 Å². The molecule has 0 saturated carbocycles. The Labute approximate surface area is 126 Å². The smallest absolute Gasteiger partial charge is 0.345 e. The maximum absolute atomic E-state index is 12.7. The lowest BCUT2D eigenvalue weighted by Crippen LogP contribution is -2.29. The molecule has 0 N–H and O–H groups in total. The summed E-state index contributed by atoms with van der Waals surface area (Å²) in [5.41, 5.74) is -0.636. The summed E-state index contributed by atoms with van der Waals surface area (Å²) < 4.78 is 37.9. The molecule has 1 atom stereocenters. The number of nitrogens with zero attached hydrogens (tertiary/aromatic N) is 1. The number of likely N-dealkylation sites (tertiary alicyclic amines) is 1. The molecular formula is C15H18F3NOS. The van der Waals surface area contributed by atoms with Gasteiger partial charge in [0.15, 0.2) is 0 Å². The first-order chi connectivity index (χ1) is 9.59. The predicted molar refractivity (Wildman–Crippen MR) is 77.1 cm³/mol. The van der Waals surface area contributed by atoms with E-state index >= 15 is 0 Å². The van der Waals surface area contributed by atoms with Crippen LogP contribution in [0.1, 0.15) is 25.8 Å². The van der Waals surface area contributed by atoms with Gasteiger partial charge in [-0.15, -0.1) is 11.8 Å². The first kappa shape index (κ1) is 16.2. The van der Waals surface area contributed by atoms with Crippen molar-refractivity contribution in [1.29, 1.82) is 0 Å². The minimum absolute atomic E-state index is 0.0951. The largest absolute Gasteiger partial charge is 0.416 e. The fourth-order valence-electron chi connectivity index (χ4n) is 2.45. The molecule has 1 aromatic rings. The third-order valence-electron chi connectivity index (χ3n) is 3.87. The van der Waals surface area contributed by atoms with E-state index in [9.17, 15) is 18.0 Å². The van der Waals surface area contributed by atoms with Crippen molar-refractivity contribution in [3.63, 3.8) is 0 Å². The zero-order chi connectivity index (χ0) is 15.8. The van der Waals surface area contributed by atoms with Crippen LogP contribution in [0.5, 0.6) is 0 Å². The van der Waals surface area contributed by atoms with Crippen molar-refractivity contribution >= 4 is 17.7 Å². The average molecular weight is 317 g/mol. The van der Waals surface area contributed by atoms with Crippen LogP contribution in [0.2, 0.25) is 0 Å². The minimum Gasteiger partial charge on any atom is -0.345 e. The highest BCUT2D eigenvalue weighted by molar-refractivity contribution is 8.00. The van der Waals surface area contributed by atoms with E-state index in [1.165, 1.54) is 23.9 Å². The molecule has 1 heterocycles. The molecule has 116 valence electrons. The summed E-state index contributed by atoms with van der Waals surface area (Å²) in [6, 6.07) is 5.35. The third kappa shape index (κ3) is 3.73. The molecular weight excluding hydrogens is 299 g/mol. The van der Waals surface area contributed by atoms with Crippen molar-refractivity contribution in [2.24, 2.45) is 5.92 Å². The maximum Gasteiger partial charge on any atom is 0.416 e. The molecule has 2 nitrogen and oxygen atoms in total. The number of alkyl halides is 3. The number of carbonyl (C=O) groups excluding carboxylic acids is 1. The van der Waals surface area contributed by atoms with Crippen LogP contribution in [-0.4, -0.2) is 29.1 Å². The molecule has 1 amide bonds. The maximum atomic E-state index is 12.7. The Morgan fingerprint density at radius 2 is 1.95 bits per heavy atom. The monoisotopic (exact) mass is 317 g/mol. The van der Waals surface area contributed by atoms with Crippen molar-refractivity contribution in [2.75, 3.05) is 13.6 Å². The van der Waals surface area contributed by atoms with Gasteiger partial charge in [0.2, 0.25) is 5.91 Å². The number of benzene rings is 1. The second-order valence-electron chi connectivity index (χ2n) is 5.91. The van der Waals surface area contributed by atoms with Gasteiger partial charge in [-0.1, -0.05) is 6.07 Å². The number of hydrogen-bond acceptors (Lipinski definition) is 2. The van der Waals surface area contributed by atoms with Crippen LogP contribution in [0, 0.1) is 5.92 Å². The van der Waals surface area contributed by atoms with Gasteiger partial charge in [-0.2, -0.15) is 13.2 Å². The molecule has 6 heteroatoms. The summed E-state index contributed by atoms with van der Waals surface area (Å²) in [7, 11) is 1.76. The van der Waals surface area contributed by atoms with Crippen LogP contribution < -0.4 is 0 Å². The molecule has 0 bridgehead atoms. The zero-order valence-electron chi connectivity index (χ0n) is 12.2. The first-order valence-corrected chi connectivity index (χ1v) is 7.51. The highest BCUT2D eigenvalue weighted by atomic mass is 32.2. The zero-order valence-corrected chi connectivity index (χ0v) is 13.0. The molecule has 0 aromatic heterocycles. The van der Waals surface area contributed by atoms with Gasteiger partial charge in [-0.3, -0.25) is 4.79 Å². The van der Waals surface area contributed by atoms with Gasteiger partial charge >= 0.3 is 6.18 Å². The van der Waals surface area contributed by atoms with Crippen molar-refractivity contribution in [3.8, 4) is 0 Å². The summed E-state index contributed by atoms with van der Waals surface area (Å²) in [4.78, 5) is 13.9. The summed E-state index contributed by atoms with van der Waals surface area (Å²) in [5, 5.41) is 0. The number of hydrogen-bond donors (Lipinski definition) is 0. The van der Waals surface area contributed by atoms with Gasteiger partial charge in [-0.05, 0) is 38.0 Å². The van der Waals surface area contributed by atoms with Crippen molar-refractivity contribution in [1.82, 2.24) is 4.90 Å². The lowest BCUT2D eigenvalue weighted by Gasteiger charge is -2.30. The predicted octanol–water partition coefficient (Wildman–Crippen LogP) is 4.05. The van der Waals surface area contributed by atoms with Gasteiger partial charge in [0.25, 0.3) is 0 Å². The summed E-state index contributed by atoms with van der Waals surface area (Å²) in [5.74, 6) is 0.229. The van der Waals surface area contributed by atoms with Crippen LogP contribution in [0.25, 0.3) is 0 Å². The summed E-state index contributed by atoms with van der Waals surface area (Å²) in [6.45, 7) is 4.61. The number of carbonyl (C=O) groups is 1. The highest BCUT2D eigenvalue weighted by Gasteiger charge is 2.39. The van der Waals surface area contributed by atoms with E-state index in [-0.39, 0.29) is 16.6 Å². The Morgan fingerprint density at radius 3 is 2.48 bits per heavy atom. The normalized spacial score (nSPS) is 20.2. The van der Waals surface area contributed by atoms with Crippen molar-refractivity contribution < 1.29 is 18.0 Å². The second kappa shape index (κ2) is 5.55. The quantitative estimate of drug-likeness (QED) is 0.784. The number of thioether (sulfide) groups is 1. The van der Waals surface area contributed by atoms with Crippen molar-refractivity contribution in [3.05, 3.63) is 29.8 Å². The van der Waals surface area contributed by atoms with Gasteiger partial charge in [0.05, 0.1) is 5.56 Å². The Kier molecular flexibility index (Phi) is 4.29. The summed E-state index contributed by atoms with van der Waals surface area (Å²) >= 11 is 1.40. The van der Waals surface area contributed by atoms with Crippen LogP contribution in [0.15, 0.2) is 29.2 Å². The molecule has 1 saturated heterocycles. The molecule has 0 aliphatic carbocycles. The van der Waals surface area contributed by atoms with Crippen LogP contribution in [0.3, 0.4) is 0 Å². The van der Waals surface area contributed by atoms with Crippen LogP contribution in [0.4, 0.5) is 13.2 Å². The molecule has 1 unspecified atom stereocenters. The van der Waals surface area contributed by atoms with E-state index in [0.29, 0.717) is 17.9 Å². The molecule has 21 heavy (non-hydrogen) atoms. The van der Waals surface area contributed by atoms with E-state index < -0.39 is 11.7 Å². The molecule has 1 fully saturated rings. The molecule has 1 aliphatic heterocycles. The van der Waals surface area contributed by atoms with E-state index in [1.807, 2.05) is 13.8 Å².